The van der Waals surface area contributed by atoms with Gasteiger partial charge in [-0.05, 0) is 24.1 Å². The summed E-state index contributed by atoms with van der Waals surface area (Å²) in [6, 6.07) is 14.8. The maximum absolute atomic E-state index is 11.9. The number of rotatable bonds is 4. The van der Waals surface area contributed by atoms with Crippen LogP contribution in [0.4, 0.5) is 0 Å². The summed E-state index contributed by atoms with van der Waals surface area (Å²) in [5, 5.41) is 0.0809. The van der Waals surface area contributed by atoms with Crippen molar-refractivity contribution in [2.24, 2.45) is 0 Å². The molecule has 0 aliphatic rings. The van der Waals surface area contributed by atoms with E-state index in [2.05, 4.69) is 16.8 Å². The fraction of sp³-hybridized carbons (Fsp3) is 0.188. The van der Waals surface area contributed by atoms with Gasteiger partial charge in [-0.2, -0.15) is 0 Å². The molecule has 0 atom stereocenters. The molecule has 0 bridgehead atoms. The maximum Gasteiger partial charge on any atom is 0.206 e. The van der Waals surface area contributed by atoms with E-state index >= 15 is 0 Å². The second-order valence-electron chi connectivity index (χ2n) is 4.27. The molecule has 0 unspecified atom stereocenters. The predicted octanol–water partition coefficient (Wildman–Crippen LogP) is 2.49. The SMILES string of the molecule is O=S(=O)(CC#CCCc1ccccc1)c1ccccn1. The molecular formula is C16H15NO2S. The summed E-state index contributed by atoms with van der Waals surface area (Å²) < 4.78 is 23.8. The third kappa shape index (κ3) is 4.22. The van der Waals surface area contributed by atoms with Crippen LogP contribution in [0.3, 0.4) is 0 Å². The van der Waals surface area contributed by atoms with Crippen molar-refractivity contribution in [2.45, 2.75) is 17.9 Å². The average molecular weight is 285 g/mol. The van der Waals surface area contributed by atoms with Crippen LogP contribution in [0, 0.1) is 11.8 Å². The molecule has 0 aliphatic heterocycles. The van der Waals surface area contributed by atoms with Crippen LogP contribution in [-0.2, 0) is 16.3 Å². The van der Waals surface area contributed by atoms with Crippen molar-refractivity contribution in [3.8, 4) is 11.8 Å². The number of hydrogen-bond donors (Lipinski definition) is 0. The molecule has 4 heteroatoms. The van der Waals surface area contributed by atoms with Crippen LogP contribution in [0.5, 0.6) is 0 Å². The zero-order chi connectivity index (χ0) is 14.3. The summed E-state index contributed by atoms with van der Waals surface area (Å²) in [4.78, 5) is 3.84. The Morgan fingerprint density at radius 2 is 1.70 bits per heavy atom. The Kier molecular flexibility index (Phi) is 4.91. The molecule has 20 heavy (non-hydrogen) atoms. The molecule has 0 spiro atoms. The predicted molar refractivity (Wildman–Crippen MR) is 78.8 cm³/mol. The first-order chi connectivity index (χ1) is 9.68. The minimum absolute atomic E-state index is 0.0809. The van der Waals surface area contributed by atoms with Gasteiger partial charge in [0.1, 0.15) is 5.75 Å². The second kappa shape index (κ2) is 6.88. The molecule has 102 valence electrons. The molecule has 0 fully saturated rings. The fourth-order valence-corrected chi connectivity index (χ4v) is 2.64. The lowest BCUT2D eigenvalue weighted by Crippen LogP contribution is -2.06. The quantitative estimate of drug-likeness (QED) is 0.811. The first kappa shape index (κ1) is 14.3. The van der Waals surface area contributed by atoms with E-state index in [-0.39, 0.29) is 10.8 Å². The van der Waals surface area contributed by atoms with Gasteiger partial charge in [-0.15, -0.1) is 5.92 Å². The van der Waals surface area contributed by atoms with Crippen LogP contribution in [0.2, 0.25) is 0 Å². The molecule has 1 heterocycles. The normalized spacial score (nSPS) is 10.6. The minimum atomic E-state index is -3.39. The lowest BCUT2D eigenvalue weighted by atomic mass is 10.1. The highest BCUT2D eigenvalue weighted by atomic mass is 32.2. The van der Waals surface area contributed by atoms with Crippen molar-refractivity contribution in [3.63, 3.8) is 0 Å². The van der Waals surface area contributed by atoms with Crippen LogP contribution in [-0.4, -0.2) is 19.2 Å². The Labute approximate surface area is 119 Å². The molecule has 3 nitrogen and oxygen atoms in total. The van der Waals surface area contributed by atoms with Gasteiger partial charge in [0, 0.05) is 12.6 Å². The average Bonchev–Trinajstić information content (AvgIpc) is 2.49. The van der Waals surface area contributed by atoms with E-state index in [4.69, 9.17) is 0 Å². The fourth-order valence-electron chi connectivity index (χ4n) is 1.69. The van der Waals surface area contributed by atoms with Crippen molar-refractivity contribution in [1.82, 2.24) is 4.98 Å². The van der Waals surface area contributed by atoms with Crippen LogP contribution in [0.1, 0.15) is 12.0 Å². The standard InChI is InChI=1S/C16H15NO2S/c18-20(19,16-12-6-7-13-17-16)14-8-2-5-11-15-9-3-1-4-10-15/h1,3-4,6-7,9-10,12-13H,5,11,14H2. The van der Waals surface area contributed by atoms with Gasteiger partial charge in [-0.1, -0.05) is 42.3 Å². The molecular weight excluding hydrogens is 270 g/mol. The lowest BCUT2D eigenvalue weighted by molar-refractivity contribution is 0.596. The molecule has 0 saturated carbocycles. The number of sulfone groups is 1. The number of hydrogen-bond acceptors (Lipinski definition) is 3. The Hall–Kier alpha value is -2.12. The van der Waals surface area contributed by atoms with Crippen molar-refractivity contribution in [2.75, 3.05) is 5.75 Å². The lowest BCUT2D eigenvalue weighted by Gasteiger charge is -1.97. The highest BCUT2D eigenvalue weighted by molar-refractivity contribution is 7.91. The van der Waals surface area contributed by atoms with Crippen LogP contribution in [0.25, 0.3) is 0 Å². The van der Waals surface area contributed by atoms with Gasteiger partial charge in [0.25, 0.3) is 0 Å². The summed E-state index contributed by atoms with van der Waals surface area (Å²) in [7, 11) is -3.39. The smallest absolute Gasteiger partial charge is 0.206 e. The summed E-state index contributed by atoms with van der Waals surface area (Å²) in [5.74, 6) is 5.44. The molecule has 2 rings (SSSR count). The molecule has 1 aromatic heterocycles. The summed E-state index contributed by atoms with van der Waals surface area (Å²) in [6.07, 6.45) is 2.95. The maximum atomic E-state index is 11.9. The van der Waals surface area contributed by atoms with Crippen molar-refractivity contribution >= 4 is 9.84 Å². The van der Waals surface area contributed by atoms with Crippen LogP contribution >= 0.6 is 0 Å². The number of pyridine rings is 1. The third-order valence-electron chi connectivity index (χ3n) is 2.73. The van der Waals surface area contributed by atoms with Gasteiger partial charge in [0.2, 0.25) is 9.84 Å². The molecule has 0 saturated heterocycles. The number of benzene rings is 1. The second-order valence-corrected chi connectivity index (χ2v) is 6.20. The van der Waals surface area contributed by atoms with Gasteiger partial charge in [0.05, 0.1) is 0 Å². The Bertz CT molecular complexity index is 698. The van der Waals surface area contributed by atoms with E-state index in [0.717, 1.165) is 6.42 Å². The third-order valence-corrected chi connectivity index (χ3v) is 4.13. The van der Waals surface area contributed by atoms with E-state index in [1.165, 1.54) is 17.8 Å². The molecule has 2 aromatic rings. The van der Waals surface area contributed by atoms with Crippen molar-refractivity contribution in [1.29, 1.82) is 0 Å². The van der Waals surface area contributed by atoms with E-state index < -0.39 is 9.84 Å². The topological polar surface area (TPSA) is 47.0 Å². The monoisotopic (exact) mass is 285 g/mol. The number of nitrogens with zero attached hydrogens (tertiary/aromatic N) is 1. The Morgan fingerprint density at radius 1 is 0.950 bits per heavy atom. The van der Waals surface area contributed by atoms with Crippen LogP contribution < -0.4 is 0 Å². The highest BCUT2D eigenvalue weighted by Gasteiger charge is 2.12. The van der Waals surface area contributed by atoms with Gasteiger partial charge in [-0.3, -0.25) is 0 Å². The zero-order valence-corrected chi connectivity index (χ0v) is 11.8. The van der Waals surface area contributed by atoms with Crippen molar-refractivity contribution in [3.05, 3.63) is 60.3 Å². The Balaban J connectivity index is 1.88. The molecule has 0 N–H and O–H groups in total. The first-order valence-corrected chi connectivity index (χ1v) is 7.97. The number of aryl methyl sites for hydroxylation is 1. The summed E-state index contributed by atoms with van der Waals surface area (Å²) in [6.45, 7) is 0. The molecule has 0 radical (unpaired) electrons. The first-order valence-electron chi connectivity index (χ1n) is 6.32. The molecule has 0 aliphatic carbocycles. The van der Waals surface area contributed by atoms with Gasteiger partial charge in [-0.25, -0.2) is 13.4 Å². The van der Waals surface area contributed by atoms with E-state index in [1.807, 2.05) is 30.3 Å². The van der Waals surface area contributed by atoms with E-state index in [1.54, 1.807) is 12.1 Å². The van der Waals surface area contributed by atoms with Gasteiger partial charge < -0.3 is 0 Å². The minimum Gasteiger partial charge on any atom is -0.245 e. The van der Waals surface area contributed by atoms with Crippen molar-refractivity contribution < 1.29 is 8.42 Å². The summed E-state index contributed by atoms with van der Waals surface area (Å²) >= 11 is 0. The summed E-state index contributed by atoms with van der Waals surface area (Å²) in [5.41, 5.74) is 1.20. The largest absolute Gasteiger partial charge is 0.245 e. The highest BCUT2D eigenvalue weighted by Crippen LogP contribution is 2.05. The number of aromatic nitrogens is 1. The molecule has 0 amide bonds. The Morgan fingerprint density at radius 3 is 2.40 bits per heavy atom. The zero-order valence-electron chi connectivity index (χ0n) is 11.0. The van der Waals surface area contributed by atoms with Gasteiger partial charge in [0.15, 0.2) is 5.03 Å². The molecule has 1 aromatic carbocycles. The van der Waals surface area contributed by atoms with E-state index in [0.29, 0.717) is 6.42 Å². The van der Waals surface area contributed by atoms with E-state index in [9.17, 15) is 8.42 Å². The van der Waals surface area contributed by atoms with Crippen LogP contribution in [0.15, 0.2) is 59.8 Å². The van der Waals surface area contributed by atoms with Gasteiger partial charge >= 0.3 is 0 Å².